The topological polar surface area (TPSA) is 73.4 Å². The van der Waals surface area contributed by atoms with Gasteiger partial charge in [0, 0.05) is 42.7 Å². The first-order valence-corrected chi connectivity index (χ1v) is 15.8. The number of fused-ring (bicyclic) bond motifs is 2. The zero-order valence-electron chi connectivity index (χ0n) is 26.6. The number of benzene rings is 2. The summed E-state index contributed by atoms with van der Waals surface area (Å²) in [5.74, 6) is 3.04. The Bertz CT molecular complexity index is 1440. The van der Waals surface area contributed by atoms with Gasteiger partial charge in [0.05, 0.1) is 35.0 Å². The van der Waals surface area contributed by atoms with E-state index in [1.54, 1.807) is 39.8 Å². The molecule has 5 rings (SSSR count). The van der Waals surface area contributed by atoms with E-state index in [0.29, 0.717) is 30.6 Å². The molecule has 1 amide bonds. The summed E-state index contributed by atoms with van der Waals surface area (Å²) in [6.07, 6.45) is 4.11. The number of aromatic nitrogens is 1. The van der Waals surface area contributed by atoms with Crippen molar-refractivity contribution in [2.24, 2.45) is 10.8 Å². The summed E-state index contributed by atoms with van der Waals surface area (Å²) in [6.45, 7) is 9.88. The lowest BCUT2D eigenvalue weighted by Crippen LogP contribution is -2.37. The first-order chi connectivity index (χ1) is 20.5. The van der Waals surface area contributed by atoms with Crippen LogP contribution in [0.2, 0.25) is 0 Å². The molecule has 1 aromatic heterocycles. The molecule has 2 bridgehead atoms. The second kappa shape index (κ2) is 12.7. The van der Waals surface area contributed by atoms with E-state index >= 15 is 0 Å². The third-order valence-electron chi connectivity index (χ3n) is 8.86. The van der Waals surface area contributed by atoms with E-state index in [-0.39, 0.29) is 16.7 Å². The SMILES string of the molecule is COc1ccc(CN(CCc2ccc(OC)c(OC)c2)Cc2nc(C(=O)N3CC4(C)CC3CC(C)(C)C4)cs2)c(OC)c1. The molecular weight excluding hydrogens is 562 g/mol. The van der Waals surface area contributed by atoms with Crippen molar-refractivity contribution < 1.29 is 23.7 Å². The number of nitrogens with zero attached hydrogens (tertiary/aromatic N) is 3. The van der Waals surface area contributed by atoms with E-state index in [4.69, 9.17) is 23.9 Å². The number of methoxy groups -OCH3 is 4. The highest BCUT2D eigenvalue weighted by molar-refractivity contribution is 7.09. The number of amides is 1. The van der Waals surface area contributed by atoms with Crippen LogP contribution in [0.4, 0.5) is 0 Å². The van der Waals surface area contributed by atoms with Crippen molar-refractivity contribution in [3.63, 3.8) is 0 Å². The second-order valence-electron chi connectivity index (χ2n) is 13.1. The number of likely N-dealkylation sites (tertiary alicyclic amines) is 1. The highest BCUT2D eigenvalue weighted by atomic mass is 32.1. The lowest BCUT2D eigenvalue weighted by molar-refractivity contribution is 0.0702. The summed E-state index contributed by atoms with van der Waals surface area (Å²) in [7, 11) is 6.63. The largest absolute Gasteiger partial charge is 0.497 e. The molecule has 9 heteroatoms. The minimum atomic E-state index is 0.0719. The summed E-state index contributed by atoms with van der Waals surface area (Å²) in [6, 6.07) is 12.3. The highest BCUT2D eigenvalue weighted by Crippen LogP contribution is 2.52. The fourth-order valence-corrected chi connectivity index (χ4v) is 8.09. The van der Waals surface area contributed by atoms with Crippen molar-refractivity contribution in [2.45, 2.75) is 65.6 Å². The van der Waals surface area contributed by atoms with Crippen LogP contribution in [0.3, 0.4) is 0 Å². The number of hydrogen-bond donors (Lipinski definition) is 0. The maximum absolute atomic E-state index is 13.7. The Balaban J connectivity index is 1.34. The number of thiazole rings is 1. The molecule has 1 saturated heterocycles. The fraction of sp³-hybridized carbons (Fsp3) is 0.529. The third kappa shape index (κ3) is 7.10. The molecule has 1 aliphatic heterocycles. The van der Waals surface area contributed by atoms with Gasteiger partial charge in [-0.2, -0.15) is 0 Å². The third-order valence-corrected chi connectivity index (χ3v) is 9.69. The Labute approximate surface area is 259 Å². The molecule has 2 atom stereocenters. The highest BCUT2D eigenvalue weighted by Gasteiger charge is 2.51. The Morgan fingerprint density at radius 3 is 2.44 bits per heavy atom. The molecule has 2 heterocycles. The van der Waals surface area contributed by atoms with Crippen molar-refractivity contribution in [1.82, 2.24) is 14.8 Å². The Morgan fingerprint density at radius 1 is 0.953 bits per heavy atom. The van der Waals surface area contributed by atoms with E-state index in [1.807, 2.05) is 35.7 Å². The van der Waals surface area contributed by atoms with Gasteiger partial charge in [-0.1, -0.05) is 32.9 Å². The van der Waals surface area contributed by atoms with Crippen molar-refractivity contribution in [3.05, 3.63) is 63.6 Å². The van der Waals surface area contributed by atoms with Crippen LogP contribution in [-0.4, -0.2) is 68.3 Å². The van der Waals surface area contributed by atoms with Gasteiger partial charge in [-0.25, -0.2) is 4.98 Å². The monoisotopic (exact) mass is 607 g/mol. The van der Waals surface area contributed by atoms with Gasteiger partial charge >= 0.3 is 0 Å². The van der Waals surface area contributed by atoms with Crippen LogP contribution in [0.5, 0.6) is 23.0 Å². The summed E-state index contributed by atoms with van der Waals surface area (Å²) in [5.41, 5.74) is 3.23. The molecule has 2 unspecified atom stereocenters. The lowest BCUT2D eigenvalue weighted by Gasteiger charge is -2.39. The number of hydrogen-bond acceptors (Lipinski definition) is 8. The molecule has 8 nitrogen and oxygen atoms in total. The molecule has 232 valence electrons. The summed E-state index contributed by atoms with van der Waals surface area (Å²) in [5, 5.41) is 2.87. The number of ether oxygens (including phenoxy) is 4. The summed E-state index contributed by atoms with van der Waals surface area (Å²) < 4.78 is 22.1. The number of rotatable bonds is 12. The standard InChI is InChI=1S/C34H45N3O5S/c1-33(2)16-25-17-34(3,21-33)22-37(25)32(38)27-20-43-31(35-27)19-36(18-24-9-10-26(39-4)15-29(24)41-6)13-12-23-8-11-28(40-5)30(14-23)42-7/h8-11,14-15,20,25H,12-13,16-19,21-22H2,1-7H3. The van der Waals surface area contributed by atoms with Crippen LogP contribution >= 0.6 is 11.3 Å². The molecule has 1 aliphatic carbocycles. The first-order valence-electron chi connectivity index (χ1n) is 14.9. The van der Waals surface area contributed by atoms with E-state index < -0.39 is 0 Å². The Morgan fingerprint density at radius 2 is 1.72 bits per heavy atom. The second-order valence-corrected chi connectivity index (χ2v) is 14.0. The Kier molecular flexibility index (Phi) is 9.23. The van der Waals surface area contributed by atoms with Crippen LogP contribution < -0.4 is 18.9 Å². The molecule has 1 saturated carbocycles. The quantitative estimate of drug-likeness (QED) is 0.234. The van der Waals surface area contributed by atoms with Crippen LogP contribution in [0, 0.1) is 10.8 Å². The molecule has 0 spiro atoms. The predicted molar refractivity (Wildman–Crippen MR) is 170 cm³/mol. The van der Waals surface area contributed by atoms with Crippen LogP contribution in [0.1, 0.15) is 66.7 Å². The van der Waals surface area contributed by atoms with Crippen LogP contribution in [-0.2, 0) is 19.5 Å². The van der Waals surface area contributed by atoms with Crippen molar-refractivity contribution in [3.8, 4) is 23.0 Å². The Hall–Kier alpha value is -3.30. The maximum atomic E-state index is 13.7. The van der Waals surface area contributed by atoms with Crippen molar-refractivity contribution in [2.75, 3.05) is 41.5 Å². The molecule has 0 N–H and O–H groups in total. The predicted octanol–water partition coefficient (Wildman–Crippen LogP) is 6.46. The average molecular weight is 608 g/mol. The molecule has 2 aliphatic rings. The molecule has 0 radical (unpaired) electrons. The molecular formula is C34H45N3O5S. The number of carbonyl (C=O) groups excluding carboxylic acids is 1. The van der Waals surface area contributed by atoms with E-state index in [9.17, 15) is 4.79 Å². The molecule has 2 aromatic carbocycles. The number of carbonyl (C=O) groups is 1. The van der Waals surface area contributed by atoms with Gasteiger partial charge in [0.2, 0.25) is 0 Å². The van der Waals surface area contributed by atoms with E-state index in [1.165, 1.54) is 0 Å². The molecule has 43 heavy (non-hydrogen) atoms. The maximum Gasteiger partial charge on any atom is 0.273 e. The van der Waals surface area contributed by atoms with Gasteiger partial charge in [-0.3, -0.25) is 9.69 Å². The van der Waals surface area contributed by atoms with Crippen LogP contribution in [0.15, 0.2) is 41.8 Å². The van der Waals surface area contributed by atoms with Crippen molar-refractivity contribution in [1.29, 1.82) is 0 Å². The zero-order valence-corrected chi connectivity index (χ0v) is 27.4. The normalized spacial score (nSPS) is 20.7. The van der Waals surface area contributed by atoms with Gasteiger partial charge in [-0.05, 0) is 60.3 Å². The van der Waals surface area contributed by atoms with Crippen molar-refractivity contribution >= 4 is 17.2 Å². The minimum Gasteiger partial charge on any atom is -0.497 e. The minimum absolute atomic E-state index is 0.0719. The van der Waals surface area contributed by atoms with Gasteiger partial charge in [0.1, 0.15) is 22.2 Å². The lowest BCUT2D eigenvalue weighted by atomic mass is 9.65. The van der Waals surface area contributed by atoms with Gasteiger partial charge in [0.15, 0.2) is 11.5 Å². The summed E-state index contributed by atoms with van der Waals surface area (Å²) in [4.78, 5) is 23.0. The van der Waals surface area contributed by atoms with Gasteiger partial charge in [-0.15, -0.1) is 11.3 Å². The smallest absolute Gasteiger partial charge is 0.273 e. The zero-order chi connectivity index (χ0) is 30.8. The average Bonchev–Trinajstić information content (AvgIpc) is 3.55. The van der Waals surface area contributed by atoms with E-state index in [2.05, 4.69) is 36.6 Å². The van der Waals surface area contributed by atoms with Gasteiger partial charge < -0.3 is 23.8 Å². The fourth-order valence-electron chi connectivity index (χ4n) is 7.28. The van der Waals surface area contributed by atoms with E-state index in [0.717, 1.165) is 72.2 Å². The molecule has 2 fully saturated rings. The molecule has 3 aromatic rings. The first kappa shape index (κ1) is 31.1. The summed E-state index contributed by atoms with van der Waals surface area (Å²) >= 11 is 1.56. The van der Waals surface area contributed by atoms with Gasteiger partial charge in [0.25, 0.3) is 5.91 Å². The van der Waals surface area contributed by atoms with Crippen LogP contribution in [0.25, 0.3) is 0 Å².